The number of rotatable bonds is 5. The number of para-hydroxylation sites is 1. The summed E-state index contributed by atoms with van der Waals surface area (Å²) in [5.74, 6) is 0.359. The van der Waals surface area contributed by atoms with Crippen LogP contribution in [0, 0.1) is 5.82 Å². The first-order valence-electron chi connectivity index (χ1n) is 10.4. The zero-order chi connectivity index (χ0) is 22.0. The topological polar surface area (TPSA) is 59.3 Å². The van der Waals surface area contributed by atoms with Crippen molar-refractivity contribution in [2.75, 3.05) is 5.32 Å². The second kappa shape index (κ2) is 8.68. The molecule has 1 aliphatic heterocycles. The first kappa shape index (κ1) is 20.7. The summed E-state index contributed by atoms with van der Waals surface area (Å²) in [6, 6.07) is 16.0. The van der Waals surface area contributed by atoms with Gasteiger partial charge in [0.05, 0.1) is 23.6 Å². The van der Waals surface area contributed by atoms with Gasteiger partial charge in [0.25, 0.3) is 5.56 Å². The maximum Gasteiger partial charge on any atom is 0.274 e. The van der Waals surface area contributed by atoms with Crippen molar-refractivity contribution in [2.24, 2.45) is 5.10 Å². The van der Waals surface area contributed by atoms with Crippen LogP contribution in [0.3, 0.4) is 0 Å². The second-order valence-electron chi connectivity index (χ2n) is 7.93. The van der Waals surface area contributed by atoms with Crippen LogP contribution in [0.25, 0.3) is 5.57 Å². The van der Waals surface area contributed by atoms with Gasteiger partial charge in [0.1, 0.15) is 11.6 Å². The fourth-order valence-electron chi connectivity index (χ4n) is 3.65. The molecule has 0 fully saturated rings. The quantitative estimate of drug-likeness (QED) is 0.624. The number of benzene rings is 2. The standard InChI is InChI=1S/C25H25FN4O/c1-16(2)18-9-11-19(12-10-18)22-13-8-17(3)25-28-20(14-24(31)30(25)29-22)15-27-23-7-5-4-6-21(23)26/h4-7,9-12,14,17,27H,1,8,13,15H2,2-3H3. The Hall–Kier alpha value is -3.54. The predicted octanol–water partition coefficient (Wildman–Crippen LogP) is 5.18. The summed E-state index contributed by atoms with van der Waals surface area (Å²) < 4.78 is 15.3. The highest BCUT2D eigenvalue weighted by Gasteiger charge is 2.21. The Morgan fingerprint density at radius 2 is 1.97 bits per heavy atom. The highest BCUT2D eigenvalue weighted by Crippen LogP contribution is 2.24. The largest absolute Gasteiger partial charge is 0.377 e. The van der Waals surface area contributed by atoms with Crippen LogP contribution in [0.5, 0.6) is 0 Å². The van der Waals surface area contributed by atoms with Gasteiger partial charge in [0.2, 0.25) is 0 Å². The van der Waals surface area contributed by atoms with E-state index >= 15 is 0 Å². The molecule has 2 heterocycles. The number of hydrogen-bond acceptors (Lipinski definition) is 4. The third-order valence-corrected chi connectivity index (χ3v) is 5.49. The average molecular weight is 417 g/mol. The van der Waals surface area contributed by atoms with Crippen molar-refractivity contribution in [3.05, 3.63) is 100.0 Å². The van der Waals surface area contributed by atoms with E-state index in [0.717, 1.165) is 35.3 Å². The second-order valence-corrected chi connectivity index (χ2v) is 7.93. The van der Waals surface area contributed by atoms with Gasteiger partial charge in [0.15, 0.2) is 0 Å². The number of nitrogens with zero attached hydrogens (tertiary/aromatic N) is 3. The van der Waals surface area contributed by atoms with Gasteiger partial charge in [-0.1, -0.05) is 55.5 Å². The molecule has 158 valence electrons. The van der Waals surface area contributed by atoms with Gasteiger partial charge >= 0.3 is 0 Å². The molecule has 4 rings (SSSR count). The zero-order valence-electron chi connectivity index (χ0n) is 17.7. The lowest BCUT2D eigenvalue weighted by Crippen LogP contribution is -2.24. The fourth-order valence-corrected chi connectivity index (χ4v) is 3.65. The lowest BCUT2D eigenvalue weighted by atomic mass is 9.98. The Labute approximate surface area is 181 Å². The maximum atomic E-state index is 13.9. The smallest absolute Gasteiger partial charge is 0.274 e. The summed E-state index contributed by atoms with van der Waals surface area (Å²) in [4.78, 5) is 17.6. The van der Waals surface area contributed by atoms with Crippen molar-refractivity contribution in [1.82, 2.24) is 9.66 Å². The molecular formula is C25H25FN4O. The van der Waals surface area contributed by atoms with Crippen molar-refractivity contribution in [1.29, 1.82) is 0 Å². The van der Waals surface area contributed by atoms with Crippen LogP contribution in [0.15, 0.2) is 71.1 Å². The highest BCUT2D eigenvalue weighted by atomic mass is 19.1. The van der Waals surface area contributed by atoms with Crippen molar-refractivity contribution < 1.29 is 4.39 Å². The minimum atomic E-state index is -0.339. The number of fused-ring (bicyclic) bond motifs is 1. The molecule has 0 saturated carbocycles. The molecular weight excluding hydrogens is 391 g/mol. The van der Waals surface area contributed by atoms with E-state index in [1.165, 1.54) is 16.8 Å². The Balaban J connectivity index is 1.64. The van der Waals surface area contributed by atoms with E-state index in [9.17, 15) is 9.18 Å². The van der Waals surface area contributed by atoms with Crippen LogP contribution >= 0.6 is 0 Å². The van der Waals surface area contributed by atoms with Gasteiger partial charge < -0.3 is 5.32 Å². The van der Waals surface area contributed by atoms with Gasteiger partial charge in [-0.15, -0.1) is 0 Å². The molecule has 1 aromatic heterocycles. The molecule has 0 amide bonds. The lowest BCUT2D eigenvalue weighted by Gasteiger charge is -2.13. The molecule has 6 heteroatoms. The van der Waals surface area contributed by atoms with Crippen LogP contribution in [0.4, 0.5) is 10.1 Å². The summed E-state index contributed by atoms with van der Waals surface area (Å²) >= 11 is 0. The monoisotopic (exact) mass is 416 g/mol. The maximum absolute atomic E-state index is 13.9. The number of nitrogens with one attached hydrogen (secondary N) is 1. The van der Waals surface area contributed by atoms with Crippen LogP contribution in [0.1, 0.15) is 55.3 Å². The van der Waals surface area contributed by atoms with Gasteiger partial charge in [0, 0.05) is 12.0 Å². The van der Waals surface area contributed by atoms with E-state index in [0.29, 0.717) is 17.2 Å². The summed E-state index contributed by atoms with van der Waals surface area (Å²) in [5, 5.41) is 7.68. The molecule has 0 bridgehead atoms. The molecule has 0 radical (unpaired) electrons. The fraction of sp³-hybridized carbons (Fsp3) is 0.240. The average Bonchev–Trinajstić information content (AvgIpc) is 2.93. The van der Waals surface area contributed by atoms with E-state index in [4.69, 9.17) is 0 Å². The zero-order valence-corrected chi connectivity index (χ0v) is 17.7. The summed E-state index contributed by atoms with van der Waals surface area (Å²) in [6.07, 6.45) is 1.58. The van der Waals surface area contributed by atoms with E-state index < -0.39 is 0 Å². The molecule has 2 aromatic carbocycles. The van der Waals surface area contributed by atoms with Gasteiger partial charge in [-0.2, -0.15) is 9.78 Å². The molecule has 1 aliphatic rings. The Bertz CT molecular complexity index is 1210. The van der Waals surface area contributed by atoms with Crippen LogP contribution in [0.2, 0.25) is 0 Å². The summed E-state index contributed by atoms with van der Waals surface area (Å²) in [5.41, 5.74) is 4.65. The molecule has 1 atom stereocenters. The van der Waals surface area contributed by atoms with Crippen molar-refractivity contribution in [2.45, 2.75) is 39.2 Å². The van der Waals surface area contributed by atoms with Crippen molar-refractivity contribution in [3.8, 4) is 0 Å². The molecule has 1 N–H and O–H groups in total. The van der Waals surface area contributed by atoms with Gasteiger partial charge in [-0.05, 0) is 43.0 Å². The normalized spacial score (nSPS) is 15.6. The van der Waals surface area contributed by atoms with E-state index in [2.05, 4.69) is 28.9 Å². The molecule has 0 spiro atoms. The van der Waals surface area contributed by atoms with Crippen molar-refractivity contribution in [3.63, 3.8) is 0 Å². The highest BCUT2D eigenvalue weighted by molar-refractivity contribution is 6.00. The minimum Gasteiger partial charge on any atom is -0.377 e. The third-order valence-electron chi connectivity index (χ3n) is 5.49. The van der Waals surface area contributed by atoms with Crippen molar-refractivity contribution >= 4 is 17.0 Å². The van der Waals surface area contributed by atoms with Crippen LogP contribution < -0.4 is 10.9 Å². The van der Waals surface area contributed by atoms with Crippen LogP contribution in [-0.2, 0) is 6.54 Å². The van der Waals surface area contributed by atoms with E-state index in [1.807, 2.05) is 31.2 Å². The third kappa shape index (κ3) is 4.48. The Kier molecular flexibility index (Phi) is 5.80. The SMILES string of the molecule is C=C(C)c1ccc(C2=Nn3c(nc(CNc4ccccc4F)cc3=O)C(C)CC2)cc1. The Morgan fingerprint density at radius 3 is 2.68 bits per heavy atom. The van der Waals surface area contributed by atoms with Gasteiger partial charge in [-0.3, -0.25) is 4.79 Å². The number of anilines is 1. The van der Waals surface area contributed by atoms with Crippen LogP contribution in [-0.4, -0.2) is 15.4 Å². The first-order valence-corrected chi connectivity index (χ1v) is 10.4. The molecule has 3 aromatic rings. The summed E-state index contributed by atoms with van der Waals surface area (Å²) in [6.45, 7) is 8.25. The minimum absolute atomic E-state index is 0.0667. The number of halogens is 1. The number of aromatic nitrogens is 2. The summed E-state index contributed by atoms with van der Waals surface area (Å²) in [7, 11) is 0. The predicted molar refractivity (Wildman–Crippen MR) is 123 cm³/mol. The first-order chi connectivity index (χ1) is 14.9. The Morgan fingerprint density at radius 1 is 1.23 bits per heavy atom. The molecule has 0 aliphatic carbocycles. The molecule has 0 saturated heterocycles. The number of allylic oxidation sites excluding steroid dienone is 1. The molecule has 5 nitrogen and oxygen atoms in total. The molecule has 1 unspecified atom stereocenters. The van der Waals surface area contributed by atoms with Gasteiger partial charge in [-0.25, -0.2) is 9.37 Å². The lowest BCUT2D eigenvalue weighted by molar-refractivity contribution is 0.605. The van der Waals surface area contributed by atoms with E-state index in [-0.39, 0.29) is 23.8 Å². The van der Waals surface area contributed by atoms with E-state index in [1.54, 1.807) is 18.2 Å². The number of hydrogen-bond donors (Lipinski definition) is 1. The molecule has 31 heavy (non-hydrogen) atoms.